The summed E-state index contributed by atoms with van der Waals surface area (Å²) in [7, 11) is -3.56. The molecule has 1 aromatic carbocycles. The molecule has 26 heavy (non-hydrogen) atoms. The number of rotatable bonds is 4. The fraction of sp³-hybridized carbons (Fsp3) is 0.611. The number of hydrogen-bond acceptors (Lipinski definition) is 5. The van der Waals surface area contributed by atoms with Crippen LogP contribution in [0.3, 0.4) is 0 Å². The van der Waals surface area contributed by atoms with E-state index in [2.05, 4.69) is 16.3 Å². The number of carbonyl (C=O) groups is 1. The van der Waals surface area contributed by atoms with Gasteiger partial charge in [0.2, 0.25) is 15.9 Å². The van der Waals surface area contributed by atoms with E-state index in [1.807, 2.05) is 25.1 Å². The van der Waals surface area contributed by atoms with E-state index in [0.29, 0.717) is 39.3 Å². The van der Waals surface area contributed by atoms with Crippen molar-refractivity contribution in [1.82, 2.24) is 14.5 Å². The fourth-order valence-corrected chi connectivity index (χ4v) is 4.88. The Hall–Kier alpha value is -1.64. The first-order valence-corrected chi connectivity index (χ1v) is 10.8. The molecule has 8 heteroatoms. The molecule has 7 nitrogen and oxygen atoms in total. The molecule has 2 heterocycles. The van der Waals surface area contributed by atoms with Gasteiger partial charge in [-0.2, -0.15) is 4.31 Å². The lowest BCUT2D eigenvalue weighted by Gasteiger charge is -2.35. The van der Waals surface area contributed by atoms with Crippen LogP contribution in [0.15, 0.2) is 24.3 Å². The molecule has 0 atom stereocenters. The number of hydrogen-bond donors (Lipinski definition) is 1. The third-order valence-electron chi connectivity index (χ3n) is 5.00. The Morgan fingerprint density at radius 1 is 1.08 bits per heavy atom. The number of sulfonamides is 1. The zero-order valence-corrected chi connectivity index (χ0v) is 16.2. The zero-order chi connectivity index (χ0) is 18.6. The van der Waals surface area contributed by atoms with Gasteiger partial charge in [-0.1, -0.05) is 12.1 Å². The van der Waals surface area contributed by atoms with Crippen molar-refractivity contribution in [3.63, 3.8) is 0 Å². The predicted molar refractivity (Wildman–Crippen MR) is 103 cm³/mol. The van der Waals surface area contributed by atoms with Crippen LogP contribution in [0, 0.1) is 6.92 Å². The van der Waals surface area contributed by atoms with Crippen LogP contribution in [0.5, 0.6) is 0 Å². The van der Waals surface area contributed by atoms with Crippen molar-refractivity contribution in [2.45, 2.75) is 13.3 Å². The van der Waals surface area contributed by atoms with Crippen molar-refractivity contribution in [2.24, 2.45) is 0 Å². The summed E-state index contributed by atoms with van der Waals surface area (Å²) in [4.78, 5) is 16.3. The summed E-state index contributed by atoms with van der Waals surface area (Å²) < 4.78 is 26.8. The summed E-state index contributed by atoms with van der Waals surface area (Å²) in [5.41, 5.74) is 2.31. The largest absolute Gasteiger partial charge is 0.369 e. The van der Waals surface area contributed by atoms with Crippen molar-refractivity contribution >= 4 is 21.6 Å². The highest BCUT2D eigenvalue weighted by Gasteiger charge is 2.30. The minimum absolute atomic E-state index is 0.283. The SMILES string of the molecule is Cc1cccc(N2CCN(S(=O)(=O)CC(=O)N3CCCNCC3)CC2)c1. The number of amides is 1. The Bertz CT molecular complexity index is 722. The van der Waals surface area contributed by atoms with Crippen LogP contribution in [-0.4, -0.2) is 81.6 Å². The average Bonchev–Trinajstić information content (AvgIpc) is 2.91. The molecule has 2 aliphatic heterocycles. The quantitative estimate of drug-likeness (QED) is 0.812. The topological polar surface area (TPSA) is 73.0 Å². The fourth-order valence-electron chi connectivity index (χ4n) is 3.48. The Balaban J connectivity index is 1.56. The highest BCUT2D eigenvalue weighted by Crippen LogP contribution is 2.19. The number of nitrogens with one attached hydrogen (secondary N) is 1. The van der Waals surface area contributed by atoms with Gasteiger partial charge in [-0.25, -0.2) is 8.42 Å². The molecule has 0 spiro atoms. The predicted octanol–water partition coefficient (Wildman–Crippen LogP) is 0.269. The van der Waals surface area contributed by atoms with Crippen LogP contribution < -0.4 is 10.2 Å². The lowest BCUT2D eigenvalue weighted by molar-refractivity contribution is -0.128. The first-order valence-electron chi connectivity index (χ1n) is 9.24. The van der Waals surface area contributed by atoms with E-state index in [1.54, 1.807) is 4.90 Å². The third-order valence-corrected chi connectivity index (χ3v) is 6.76. The van der Waals surface area contributed by atoms with Gasteiger partial charge >= 0.3 is 0 Å². The number of anilines is 1. The second-order valence-electron chi connectivity index (χ2n) is 6.97. The molecular formula is C18H28N4O3S. The molecule has 0 aliphatic carbocycles. The van der Waals surface area contributed by atoms with Crippen LogP contribution in [-0.2, 0) is 14.8 Å². The van der Waals surface area contributed by atoms with E-state index in [1.165, 1.54) is 9.87 Å². The summed E-state index contributed by atoms with van der Waals surface area (Å²) in [6.07, 6.45) is 0.862. The van der Waals surface area contributed by atoms with Gasteiger partial charge in [-0.05, 0) is 37.6 Å². The van der Waals surface area contributed by atoms with Crippen LogP contribution in [0.1, 0.15) is 12.0 Å². The molecule has 0 unspecified atom stereocenters. The molecule has 1 aromatic rings. The maximum Gasteiger partial charge on any atom is 0.239 e. The molecule has 1 amide bonds. The van der Waals surface area contributed by atoms with Crippen LogP contribution in [0.2, 0.25) is 0 Å². The van der Waals surface area contributed by atoms with E-state index >= 15 is 0 Å². The molecular weight excluding hydrogens is 352 g/mol. The Kier molecular flexibility index (Phi) is 6.16. The summed E-state index contributed by atoms with van der Waals surface area (Å²) in [5.74, 6) is -0.702. The van der Waals surface area contributed by atoms with Gasteiger partial charge in [0.15, 0.2) is 0 Å². The van der Waals surface area contributed by atoms with E-state index in [0.717, 1.165) is 25.2 Å². The van der Waals surface area contributed by atoms with Crippen molar-refractivity contribution in [3.8, 4) is 0 Å². The van der Waals surface area contributed by atoms with Gasteiger partial charge in [0.25, 0.3) is 0 Å². The molecule has 1 N–H and O–H groups in total. The molecule has 0 bridgehead atoms. The smallest absolute Gasteiger partial charge is 0.239 e. The molecule has 144 valence electrons. The highest BCUT2D eigenvalue weighted by molar-refractivity contribution is 7.89. The second-order valence-corrected chi connectivity index (χ2v) is 8.93. The van der Waals surface area contributed by atoms with Gasteiger partial charge in [-0.3, -0.25) is 4.79 Å². The van der Waals surface area contributed by atoms with Crippen molar-refractivity contribution in [2.75, 3.05) is 63.0 Å². The zero-order valence-electron chi connectivity index (χ0n) is 15.4. The van der Waals surface area contributed by atoms with E-state index in [9.17, 15) is 13.2 Å². The van der Waals surface area contributed by atoms with Gasteiger partial charge in [0, 0.05) is 51.5 Å². The van der Waals surface area contributed by atoms with Crippen LogP contribution in [0.25, 0.3) is 0 Å². The minimum atomic E-state index is -3.56. The van der Waals surface area contributed by atoms with E-state index in [4.69, 9.17) is 0 Å². The average molecular weight is 381 g/mol. The number of nitrogens with zero attached hydrogens (tertiary/aromatic N) is 3. The minimum Gasteiger partial charge on any atom is -0.369 e. The van der Waals surface area contributed by atoms with Crippen molar-refractivity contribution in [1.29, 1.82) is 0 Å². The van der Waals surface area contributed by atoms with Crippen LogP contribution >= 0.6 is 0 Å². The summed E-state index contributed by atoms with van der Waals surface area (Å²) in [5, 5.41) is 3.22. The molecule has 0 radical (unpaired) electrons. The molecule has 0 aromatic heterocycles. The first-order chi connectivity index (χ1) is 12.5. The molecule has 0 saturated carbocycles. The number of carbonyl (C=O) groups excluding carboxylic acids is 1. The van der Waals surface area contributed by atoms with Gasteiger partial charge in [0.05, 0.1) is 0 Å². The van der Waals surface area contributed by atoms with Crippen LogP contribution in [0.4, 0.5) is 5.69 Å². The van der Waals surface area contributed by atoms with Gasteiger partial charge < -0.3 is 15.1 Å². The standard InChI is InChI=1S/C18H28N4O3S/c1-16-4-2-5-17(14-16)20-10-12-22(13-11-20)26(24,25)15-18(23)21-8-3-6-19-7-9-21/h2,4-5,14,19H,3,6-13,15H2,1H3. The number of aryl methyl sites for hydroxylation is 1. The molecule has 2 saturated heterocycles. The monoisotopic (exact) mass is 380 g/mol. The lowest BCUT2D eigenvalue weighted by atomic mass is 10.2. The third kappa shape index (κ3) is 4.75. The Labute approximate surface area is 156 Å². The van der Waals surface area contributed by atoms with E-state index in [-0.39, 0.29) is 5.91 Å². The normalized spacial score (nSPS) is 20.0. The number of benzene rings is 1. The van der Waals surface area contributed by atoms with Gasteiger partial charge in [-0.15, -0.1) is 0 Å². The van der Waals surface area contributed by atoms with Crippen molar-refractivity contribution < 1.29 is 13.2 Å². The summed E-state index contributed by atoms with van der Waals surface area (Å²) in [6, 6.07) is 8.23. The van der Waals surface area contributed by atoms with Crippen molar-refractivity contribution in [3.05, 3.63) is 29.8 Å². The number of piperazine rings is 1. The summed E-state index contributed by atoms with van der Waals surface area (Å²) >= 11 is 0. The maximum absolute atomic E-state index is 12.7. The highest BCUT2D eigenvalue weighted by atomic mass is 32.2. The first kappa shape index (κ1) is 19.1. The molecule has 2 fully saturated rings. The maximum atomic E-state index is 12.7. The van der Waals surface area contributed by atoms with E-state index < -0.39 is 15.8 Å². The Morgan fingerprint density at radius 2 is 1.85 bits per heavy atom. The Morgan fingerprint density at radius 3 is 2.58 bits per heavy atom. The molecule has 2 aliphatic rings. The van der Waals surface area contributed by atoms with Gasteiger partial charge in [0.1, 0.15) is 5.75 Å². The summed E-state index contributed by atoms with van der Waals surface area (Å²) in [6.45, 7) is 6.98. The second kappa shape index (κ2) is 8.37. The molecule has 3 rings (SSSR count). The lowest BCUT2D eigenvalue weighted by Crippen LogP contribution is -2.51.